The SMILES string of the molecule is N#Cc1cc([N+](=O)[O-])ccc1NCc1ccc(CN2CCCC2)cc1. The topological polar surface area (TPSA) is 82.2 Å². The van der Waals surface area contributed by atoms with Crippen LogP contribution < -0.4 is 5.32 Å². The van der Waals surface area contributed by atoms with Gasteiger partial charge < -0.3 is 5.32 Å². The second kappa shape index (κ2) is 7.77. The predicted molar refractivity (Wildman–Crippen MR) is 96.1 cm³/mol. The summed E-state index contributed by atoms with van der Waals surface area (Å²) in [7, 11) is 0. The number of benzene rings is 2. The van der Waals surface area contributed by atoms with E-state index in [4.69, 9.17) is 0 Å². The Morgan fingerprint density at radius 1 is 1.12 bits per heavy atom. The molecular weight excluding hydrogens is 316 g/mol. The molecule has 2 aromatic rings. The monoisotopic (exact) mass is 336 g/mol. The molecular formula is C19H20N4O2. The van der Waals surface area contributed by atoms with E-state index in [0.717, 1.165) is 12.1 Å². The summed E-state index contributed by atoms with van der Waals surface area (Å²) in [5, 5.41) is 23.1. The van der Waals surface area contributed by atoms with Crippen molar-refractivity contribution in [2.45, 2.75) is 25.9 Å². The Labute approximate surface area is 146 Å². The molecule has 0 radical (unpaired) electrons. The third kappa shape index (κ3) is 4.34. The van der Waals surface area contributed by atoms with Crippen LogP contribution in [0.15, 0.2) is 42.5 Å². The van der Waals surface area contributed by atoms with Crippen LogP contribution >= 0.6 is 0 Å². The Hall–Kier alpha value is -2.91. The number of hydrogen-bond donors (Lipinski definition) is 1. The van der Waals surface area contributed by atoms with Gasteiger partial charge in [0, 0.05) is 25.2 Å². The van der Waals surface area contributed by atoms with Gasteiger partial charge in [-0.1, -0.05) is 24.3 Å². The lowest BCUT2D eigenvalue weighted by atomic mass is 10.1. The Morgan fingerprint density at radius 2 is 1.80 bits per heavy atom. The van der Waals surface area contributed by atoms with E-state index in [1.807, 2.05) is 6.07 Å². The molecule has 0 aromatic heterocycles. The Bertz CT molecular complexity index is 790. The highest BCUT2D eigenvalue weighted by molar-refractivity contribution is 5.61. The first-order valence-electron chi connectivity index (χ1n) is 8.38. The van der Waals surface area contributed by atoms with Crippen LogP contribution in [0.3, 0.4) is 0 Å². The van der Waals surface area contributed by atoms with E-state index in [2.05, 4.69) is 34.5 Å². The number of hydrogen-bond acceptors (Lipinski definition) is 5. The molecule has 0 bridgehead atoms. The molecule has 6 heteroatoms. The lowest BCUT2D eigenvalue weighted by molar-refractivity contribution is -0.384. The normalized spacial score (nSPS) is 14.2. The van der Waals surface area contributed by atoms with E-state index in [9.17, 15) is 15.4 Å². The van der Waals surface area contributed by atoms with Crippen molar-refractivity contribution in [3.05, 3.63) is 69.3 Å². The molecule has 3 rings (SSSR count). The van der Waals surface area contributed by atoms with Crippen molar-refractivity contribution in [2.75, 3.05) is 18.4 Å². The molecule has 0 amide bonds. The van der Waals surface area contributed by atoms with Gasteiger partial charge in [-0.2, -0.15) is 5.26 Å². The summed E-state index contributed by atoms with van der Waals surface area (Å²) < 4.78 is 0. The van der Waals surface area contributed by atoms with Crippen LogP contribution in [-0.4, -0.2) is 22.9 Å². The highest BCUT2D eigenvalue weighted by Crippen LogP contribution is 2.22. The van der Waals surface area contributed by atoms with E-state index in [0.29, 0.717) is 12.2 Å². The van der Waals surface area contributed by atoms with Crippen molar-refractivity contribution in [3.8, 4) is 6.07 Å². The molecule has 1 aliphatic heterocycles. The zero-order valence-corrected chi connectivity index (χ0v) is 13.9. The fourth-order valence-corrected chi connectivity index (χ4v) is 3.05. The Balaban J connectivity index is 1.61. The molecule has 0 aliphatic carbocycles. The summed E-state index contributed by atoms with van der Waals surface area (Å²) in [6.45, 7) is 3.92. The number of nitriles is 1. The van der Waals surface area contributed by atoms with Crippen LogP contribution in [0.1, 0.15) is 29.5 Å². The molecule has 0 saturated carbocycles. The van der Waals surface area contributed by atoms with Gasteiger partial charge in [0.2, 0.25) is 0 Å². The maximum absolute atomic E-state index is 10.8. The number of nitro benzene ring substituents is 1. The molecule has 0 unspecified atom stereocenters. The summed E-state index contributed by atoms with van der Waals surface area (Å²) in [6, 6.07) is 14.7. The van der Waals surface area contributed by atoms with E-state index in [1.54, 1.807) is 6.07 Å². The van der Waals surface area contributed by atoms with Crippen LogP contribution in [-0.2, 0) is 13.1 Å². The molecule has 1 fully saturated rings. The van der Waals surface area contributed by atoms with Crippen molar-refractivity contribution in [3.63, 3.8) is 0 Å². The number of nitro groups is 1. The summed E-state index contributed by atoms with van der Waals surface area (Å²) in [5.41, 5.74) is 3.22. The van der Waals surface area contributed by atoms with Crippen molar-refractivity contribution in [2.24, 2.45) is 0 Å². The molecule has 0 atom stereocenters. The van der Waals surface area contributed by atoms with E-state index < -0.39 is 4.92 Å². The van der Waals surface area contributed by atoms with Crippen molar-refractivity contribution in [1.82, 2.24) is 4.90 Å². The lowest BCUT2D eigenvalue weighted by Crippen LogP contribution is -2.18. The standard InChI is InChI=1S/C19H20N4O2/c20-12-17-11-18(23(24)25)7-8-19(17)21-13-15-3-5-16(6-4-15)14-22-9-1-2-10-22/h3-8,11,21H,1-2,9-10,13-14H2. The summed E-state index contributed by atoms with van der Waals surface area (Å²) in [6.07, 6.45) is 2.58. The second-order valence-corrected chi connectivity index (χ2v) is 6.25. The molecule has 0 spiro atoms. The van der Waals surface area contributed by atoms with Gasteiger partial charge in [0.15, 0.2) is 0 Å². The molecule has 1 aliphatic rings. The second-order valence-electron chi connectivity index (χ2n) is 6.25. The summed E-state index contributed by atoms with van der Waals surface area (Å²) in [4.78, 5) is 12.8. The van der Waals surface area contributed by atoms with Crippen molar-refractivity contribution in [1.29, 1.82) is 5.26 Å². The van der Waals surface area contributed by atoms with Gasteiger partial charge in [-0.15, -0.1) is 0 Å². The van der Waals surface area contributed by atoms with Crippen LogP contribution in [0.4, 0.5) is 11.4 Å². The number of nitrogens with one attached hydrogen (secondary N) is 1. The first kappa shape index (κ1) is 16.9. The van der Waals surface area contributed by atoms with E-state index >= 15 is 0 Å². The fourth-order valence-electron chi connectivity index (χ4n) is 3.05. The first-order valence-corrected chi connectivity index (χ1v) is 8.38. The maximum atomic E-state index is 10.8. The smallest absolute Gasteiger partial charge is 0.270 e. The lowest BCUT2D eigenvalue weighted by Gasteiger charge is -2.15. The number of nitrogens with zero attached hydrogens (tertiary/aromatic N) is 3. The summed E-state index contributed by atoms with van der Waals surface area (Å²) in [5.74, 6) is 0. The zero-order chi connectivity index (χ0) is 17.6. The van der Waals surface area contributed by atoms with Gasteiger partial charge in [0.05, 0.1) is 16.2 Å². The van der Waals surface area contributed by atoms with Gasteiger partial charge in [0.25, 0.3) is 5.69 Å². The third-order valence-electron chi connectivity index (χ3n) is 4.45. The molecule has 2 aromatic carbocycles. The molecule has 6 nitrogen and oxygen atoms in total. The minimum absolute atomic E-state index is 0.0756. The average molecular weight is 336 g/mol. The third-order valence-corrected chi connectivity index (χ3v) is 4.45. The van der Waals surface area contributed by atoms with Crippen LogP contribution in [0, 0.1) is 21.4 Å². The van der Waals surface area contributed by atoms with Crippen LogP contribution in [0.25, 0.3) is 0 Å². The molecule has 25 heavy (non-hydrogen) atoms. The number of likely N-dealkylation sites (tertiary alicyclic amines) is 1. The van der Waals surface area contributed by atoms with E-state index in [-0.39, 0.29) is 11.3 Å². The van der Waals surface area contributed by atoms with Crippen molar-refractivity contribution >= 4 is 11.4 Å². The maximum Gasteiger partial charge on any atom is 0.270 e. The number of anilines is 1. The number of rotatable bonds is 6. The van der Waals surface area contributed by atoms with Crippen LogP contribution in [0.5, 0.6) is 0 Å². The zero-order valence-electron chi connectivity index (χ0n) is 13.9. The van der Waals surface area contributed by atoms with E-state index in [1.165, 1.54) is 43.6 Å². The molecule has 1 N–H and O–H groups in total. The first-order chi connectivity index (χ1) is 12.2. The Morgan fingerprint density at radius 3 is 2.44 bits per heavy atom. The predicted octanol–water partition coefficient (Wildman–Crippen LogP) is 3.67. The van der Waals surface area contributed by atoms with Gasteiger partial charge in [-0.3, -0.25) is 15.0 Å². The fraction of sp³-hybridized carbons (Fsp3) is 0.316. The highest BCUT2D eigenvalue weighted by atomic mass is 16.6. The molecule has 128 valence electrons. The molecule has 1 saturated heterocycles. The quantitative estimate of drug-likeness (QED) is 0.643. The largest absolute Gasteiger partial charge is 0.380 e. The minimum Gasteiger partial charge on any atom is -0.380 e. The van der Waals surface area contributed by atoms with Gasteiger partial charge in [-0.25, -0.2) is 0 Å². The number of non-ortho nitro benzene ring substituents is 1. The van der Waals surface area contributed by atoms with Crippen molar-refractivity contribution < 1.29 is 4.92 Å². The van der Waals surface area contributed by atoms with Gasteiger partial charge >= 0.3 is 0 Å². The van der Waals surface area contributed by atoms with Crippen LogP contribution in [0.2, 0.25) is 0 Å². The van der Waals surface area contributed by atoms with Gasteiger partial charge in [0.1, 0.15) is 6.07 Å². The summed E-state index contributed by atoms with van der Waals surface area (Å²) >= 11 is 0. The average Bonchev–Trinajstić information content (AvgIpc) is 3.14. The Kier molecular flexibility index (Phi) is 5.26. The minimum atomic E-state index is -0.496. The highest BCUT2D eigenvalue weighted by Gasteiger charge is 2.12. The van der Waals surface area contributed by atoms with Gasteiger partial charge in [-0.05, 0) is 43.1 Å². The molecule has 1 heterocycles.